The third kappa shape index (κ3) is 2.50. The lowest BCUT2D eigenvalue weighted by Crippen LogP contribution is -2.36. The van der Waals surface area contributed by atoms with Gasteiger partial charge in [0, 0.05) is 18.7 Å². The van der Waals surface area contributed by atoms with Crippen molar-refractivity contribution in [2.45, 2.75) is 18.8 Å². The van der Waals surface area contributed by atoms with Crippen molar-refractivity contribution >= 4 is 34.3 Å². The van der Waals surface area contributed by atoms with E-state index in [1.165, 1.54) is 33.9 Å². The molecule has 5 heteroatoms. The van der Waals surface area contributed by atoms with Crippen LogP contribution in [-0.4, -0.2) is 21.6 Å². The number of fused-ring (bicyclic) bond motifs is 2. The first-order chi connectivity index (χ1) is 13.4. The van der Waals surface area contributed by atoms with Crippen LogP contribution in [0.4, 0.5) is 0 Å². The SMILES string of the molecule is C1=C(c2ccccc2)C=C(c2nc(C3CC3)no2)C2=c3sccc3=CCN12. The predicted octanol–water partition coefficient (Wildman–Crippen LogP) is 3.35. The summed E-state index contributed by atoms with van der Waals surface area (Å²) in [5.41, 5.74) is 4.54. The third-order valence-corrected chi connectivity index (χ3v) is 6.21. The predicted molar refractivity (Wildman–Crippen MR) is 107 cm³/mol. The Labute approximate surface area is 160 Å². The summed E-state index contributed by atoms with van der Waals surface area (Å²) in [5, 5.41) is 7.69. The lowest BCUT2D eigenvalue weighted by Gasteiger charge is -2.29. The molecule has 4 heterocycles. The number of hydrogen-bond acceptors (Lipinski definition) is 5. The molecule has 2 aromatic heterocycles. The monoisotopic (exact) mass is 371 g/mol. The molecule has 0 N–H and O–H groups in total. The van der Waals surface area contributed by atoms with Gasteiger partial charge in [-0.1, -0.05) is 41.6 Å². The van der Waals surface area contributed by atoms with Gasteiger partial charge < -0.3 is 9.42 Å². The van der Waals surface area contributed by atoms with E-state index in [1.807, 2.05) is 6.07 Å². The molecule has 27 heavy (non-hydrogen) atoms. The summed E-state index contributed by atoms with van der Waals surface area (Å²) in [7, 11) is 0. The molecule has 3 aromatic rings. The standard InChI is InChI=1S/C22H17N3OS/c1-2-4-14(5-3-1)17-12-18(22-23-21(24-26-22)16-6-7-16)19-20-15(9-11-27-20)8-10-25(19)13-17/h1-5,8-9,11-13,16H,6-7,10H2. The van der Waals surface area contributed by atoms with E-state index >= 15 is 0 Å². The maximum atomic E-state index is 5.72. The van der Waals surface area contributed by atoms with Crippen LogP contribution >= 0.6 is 11.3 Å². The summed E-state index contributed by atoms with van der Waals surface area (Å²) in [6.07, 6.45) is 9.03. The highest BCUT2D eigenvalue weighted by molar-refractivity contribution is 7.07. The molecule has 0 spiro atoms. The molecule has 1 fully saturated rings. The van der Waals surface area contributed by atoms with Crippen molar-refractivity contribution in [3.8, 4) is 0 Å². The van der Waals surface area contributed by atoms with E-state index in [0.29, 0.717) is 11.8 Å². The minimum Gasteiger partial charge on any atom is -0.342 e. The zero-order valence-electron chi connectivity index (χ0n) is 14.6. The van der Waals surface area contributed by atoms with Crippen molar-refractivity contribution < 1.29 is 4.52 Å². The molecule has 0 saturated heterocycles. The number of nitrogens with zero attached hydrogens (tertiary/aromatic N) is 3. The fraction of sp³-hybridized carbons (Fsp3) is 0.182. The Kier molecular flexibility index (Phi) is 3.25. The molecule has 1 aliphatic carbocycles. The average Bonchev–Trinajstić information content (AvgIpc) is 3.26. The molecule has 0 unspecified atom stereocenters. The second-order valence-electron chi connectivity index (χ2n) is 7.15. The Morgan fingerprint density at radius 2 is 2.00 bits per heavy atom. The molecule has 1 saturated carbocycles. The molecule has 3 aliphatic rings. The van der Waals surface area contributed by atoms with E-state index in [0.717, 1.165) is 23.5 Å². The molecule has 0 bridgehead atoms. The molecule has 132 valence electrons. The van der Waals surface area contributed by atoms with Crippen molar-refractivity contribution in [1.82, 2.24) is 15.0 Å². The van der Waals surface area contributed by atoms with E-state index in [2.05, 4.69) is 64.1 Å². The van der Waals surface area contributed by atoms with Crippen LogP contribution in [0, 0.1) is 0 Å². The van der Waals surface area contributed by atoms with Gasteiger partial charge in [-0.05, 0) is 46.7 Å². The molecular formula is C22H17N3OS. The smallest absolute Gasteiger partial charge is 0.260 e. The molecular weight excluding hydrogens is 354 g/mol. The Morgan fingerprint density at radius 1 is 1.11 bits per heavy atom. The third-order valence-electron chi connectivity index (χ3n) is 5.28. The maximum Gasteiger partial charge on any atom is 0.260 e. The molecule has 6 rings (SSSR count). The quantitative estimate of drug-likeness (QED) is 0.708. The van der Waals surface area contributed by atoms with Gasteiger partial charge >= 0.3 is 0 Å². The van der Waals surface area contributed by atoms with Crippen molar-refractivity contribution in [3.05, 3.63) is 81.1 Å². The van der Waals surface area contributed by atoms with Crippen LogP contribution in [0.2, 0.25) is 0 Å². The molecule has 0 radical (unpaired) electrons. The summed E-state index contributed by atoms with van der Waals surface area (Å²) in [6.45, 7) is 0.844. The van der Waals surface area contributed by atoms with E-state index < -0.39 is 0 Å². The van der Waals surface area contributed by atoms with Gasteiger partial charge in [-0.15, -0.1) is 11.3 Å². The number of rotatable bonds is 3. The normalized spacial score (nSPS) is 18.4. The Bertz CT molecular complexity index is 1210. The minimum atomic E-state index is 0.480. The Balaban J connectivity index is 1.57. The Hall–Kier alpha value is -2.92. The van der Waals surface area contributed by atoms with Crippen LogP contribution in [0.25, 0.3) is 22.9 Å². The van der Waals surface area contributed by atoms with Crippen molar-refractivity contribution in [2.24, 2.45) is 0 Å². The van der Waals surface area contributed by atoms with Gasteiger partial charge in [0.1, 0.15) is 0 Å². The van der Waals surface area contributed by atoms with Crippen LogP contribution in [0.15, 0.2) is 58.6 Å². The highest BCUT2D eigenvalue weighted by Crippen LogP contribution is 2.40. The summed E-state index contributed by atoms with van der Waals surface area (Å²) in [6, 6.07) is 12.6. The van der Waals surface area contributed by atoms with Crippen molar-refractivity contribution in [1.29, 1.82) is 0 Å². The van der Waals surface area contributed by atoms with Gasteiger partial charge in [-0.2, -0.15) is 4.98 Å². The summed E-state index contributed by atoms with van der Waals surface area (Å²) in [5.74, 6) is 1.95. The summed E-state index contributed by atoms with van der Waals surface area (Å²) < 4.78 is 6.99. The number of allylic oxidation sites excluding steroid dienone is 2. The Morgan fingerprint density at radius 3 is 2.85 bits per heavy atom. The summed E-state index contributed by atoms with van der Waals surface area (Å²) in [4.78, 5) is 7.05. The molecule has 0 atom stereocenters. The first-order valence-electron chi connectivity index (χ1n) is 9.25. The van der Waals surface area contributed by atoms with Crippen LogP contribution in [0.5, 0.6) is 0 Å². The van der Waals surface area contributed by atoms with E-state index in [-0.39, 0.29) is 0 Å². The highest BCUT2D eigenvalue weighted by atomic mass is 32.1. The topological polar surface area (TPSA) is 42.2 Å². The van der Waals surface area contributed by atoms with Crippen molar-refractivity contribution in [2.75, 3.05) is 6.54 Å². The zero-order chi connectivity index (χ0) is 17.8. The first-order valence-corrected chi connectivity index (χ1v) is 10.1. The van der Waals surface area contributed by atoms with Gasteiger partial charge in [0.05, 0.1) is 15.8 Å². The van der Waals surface area contributed by atoms with Gasteiger partial charge in [0.25, 0.3) is 5.89 Å². The minimum absolute atomic E-state index is 0.480. The summed E-state index contributed by atoms with van der Waals surface area (Å²) >= 11 is 1.76. The maximum absolute atomic E-state index is 5.72. The lowest BCUT2D eigenvalue weighted by molar-refractivity contribution is 0.400. The molecule has 4 nitrogen and oxygen atoms in total. The average molecular weight is 371 g/mol. The highest BCUT2D eigenvalue weighted by Gasteiger charge is 2.31. The van der Waals surface area contributed by atoms with Crippen LogP contribution in [0.3, 0.4) is 0 Å². The number of hydrogen-bond donors (Lipinski definition) is 0. The fourth-order valence-corrected chi connectivity index (χ4v) is 4.69. The van der Waals surface area contributed by atoms with E-state index in [1.54, 1.807) is 11.3 Å². The van der Waals surface area contributed by atoms with E-state index in [4.69, 9.17) is 9.51 Å². The largest absolute Gasteiger partial charge is 0.342 e. The fourth-order valence-electron chi connectivity index (χ4n) is 3.72. The zero-order valence-corrected chi connectivity index (χ0v) is 15.4. The van der Waals surface area contributed by atoms with Crippen LogP contribution in [0.1, 0.15) is 36.0 Å². The van der Waals surface area contributed by atoms with Gasteiger partial charge in [-0.25, -0.2) is 0 Å². The molecule has 2 aliphatic heterocycles. The second kappa shape index (κ2) is 5.79. The first kappa shape index (κ1) is 15.2. The molecule has 1 aromatic carbocycles. The van der Waals surface area contributed by atoms with E-state index in [9.17, 15) is 0 Å². The number of aromatic nitrogens is 2. The van der Waals surface area contributed by atoms with Crippen LogP contribution < -0.4 is 9.75 Å². The van der Waals surface area contributed by atoms with Gasteiger partial charge in [-0.3, -0.25) is 0 Å². The lowest BCUT2D eigenvalue weighted by atomic mass is 9.97. The number of benzene rings is 1. The number of thiophene rings is 1. The van der Waals surface area contributed by atoms with Gasteiger partial charge in [0.2, 0.25) is 0 Å². The van der Waals surface area contributed by atoms with Crippen LogP contribution in [-0.2, 0) is 0 Å². The molecule has 0 amide bonds. The van der Waals surface area contributed by atoms with Gasteiger partial charge in [0.15, 0.2) is 5.82 Å². The van der Waals surface area contributed by atoms with Crippen molar-refractivity contribution in [3.63, 3.8) is 0 Å². The second-order valence-corrected chi connectivity index (χ2v) is 8.07.